The van der Waals surface area contributed by atoms with Gasteiger partial charge in [-0.05, 0) is 13.0 Å². The summed E-state index contributed by atoms with van der Waals surface area (Å²) in [7, 11) is 0. The summed E-state index contributed by atoms with van der Waals surface area (Å²) >= 11 is 0. The van der Waals surface area contributed by atoms with Crippen molar-refractivity contribution in [3.63, 3.8) is 0 Å². The van der Waals surface area contributed by atoms with Crippen molar-refractivity contribution in [1.82, 2.24) is 20.4 Å². The molecule has 3 N–H and O–H groups in total. The van der Waals surface area contributed by atoms with Gasteiger partial charge in [-0.2, -0.15) is 4.98 Å². The van der Waals surface area contributed by atoms with E-state index >= 15 is 0 Å². The van der Waals surface area contributed by atoms with Crippen molar-refractivity contribution in [2.75, 3.05) is 6.54 Å². The zero-order valence-corrected chi connectivity index (χ0v) is 10.9. The third kappa shape index (κ3) is 3.40. The SMILES string of the molecule is Cc1noc(CNC(=O)c2ccncc2C#CCN)n1. The molecule has 0 atom stereocenters. The highest BCUT2D eigenvalue weighted by atomic mass is 16.5. The van der Waals surface area contributed by atoms with Gasteiger partial charge in [0.25, 0.3) is 5.91 Å². The standard InChI is InChI=1S/C13H13N5O2/c1-9-17-12(20-18-9)8-16-13(19)11-4-6-15-7-10(11)3-2-5-14/h4,6-7H,5,8,14H2,1H3,(H,16,19). The van der Waals surface area contributed by atoms with E-state index in [-0.39, 0.29) is 19.0 Å². The second-order valence-electron chi connectivity index (χ2n) is 3.85. The normalized spacial score (nSPS) is 9.70. The lowest BCUT2D eigenvalue weighted by molar-refractivity contribution is 0.0946. The summed E-state index contributed by atoms with van der Waals surface area (Å²) in [6, 6.07) is 1.59. The van der Waals surface area contributed by atoms with Gasteiger partial charge in [0, 0.05) is 12.4 Å². The lowest BCUT2D eigenvalue weighted by atomic mass is 10.1. The van der Waals surface area contributed by atoms with Crippen molar-refractivity contribution in [2.45, 2.75) is 13.5 Å². The van der Waals surface area contributed by atoms with E-state index in [1.165, 1.54) is 12.4 Å². The number of carbonyl (C=O) groups is 1. The molecule has 0 aliphatic heterocycles. The van der Waals surface area contributed by atoms with Gasteiger partial charge in [-0.3, -0.25) is 9.78 Å². The first-order chi connectivity index (χ1) is 9.70. The minimum Gasteiger partial charge on any atom is -0.343 e. The number of nitrogens with zero attached hydrogens (tertiary/aromatic N) is 3. The molecule has 0 radical (unpaired) electrons. The number of aryl methyl sites for hydroxylation is 1. The third-order valence-corrected chi connectivity index (χ3v) is 2.36. The van der Waals surface area contributed by atoms with Gasteiger partial charge in [-0.1, -0.05) is 17.0 Å². The predicted octanol–water partition coefficient (Wildman–Crippen LogP) is 0.0132. The number of nitrogens with two attached hydrogens (primary N) is 1. The first kappa shape index (κ1) is 13.7. The molecule has 0 unspecified atom stereocenters. The van der Waals surface area contributed by atoms with Crippen molar-refractivity contribution < 1.29 is 9.32 Å². The molecule has 0 aliphatic rings. The maximum atomic E-state index is 12.1. The molecule has 1 amide bonds. The fourth-order valence-corrected chi connectivity index (χ4v) is 1.50. The monoisotopic (exact) mass is 271 g/mol. The summed E-state index contributed by atoms with van der Waals surface area (Å²) in [5.41, 5.74) is 6.27. The first-order valence-electron chi connectivity index (χ1n) is 5.91. The van der Waals surface area contributed by atoms with E-state index in [1.807, 2.05) is 0 Å². The van der Waals surface area contributed by atoms with Crippen LogP contribution >= 0.6 is 0 Å². The molecule has 2 rings (SSSR count). The molecule has 20 heavy (non-hydrogen) atoms. The minimum atomic E-state index is -0.287. The summed E-state index contributed by atoms with van der Waals surface area (Å²) < 4.78 is 4.91. The van der Waals surface area contributed by atoms with E-state index in [9.17, 15) is 4.79 Å². The molecule has 0 saturated carbocycles. The van der Waals surface area contributed by atoms with Gasteiger partial charge < -0.3 is 15.6 Å². The Bertz CT molecular complexity index is 669. The molecule has 0 fully saturated rings. The molecule has 0 bridgehead atoms. The molecule has 2 aromatic rings. The molecule has 0 saturated heterocycles. The number of amides is 1. The molecule has 2 aromatic heterocycles. The van der Waals surface area contributed by atoms with Crippen LogP contribution in [0.2, 0.25) is 0 Å². The van der Waals surface area contributed by atoms with Crippen LogP contribution in [0.25, 0.3) is 0 Å². The predicted molar refractivity (Wildman–Crippen MR) is 70.4 cm³/mol. The number of carbonyl (C=O) groups excluding carboxylic acids is 1. The fraction of sp³-hybridized carbons (Fsp3) is 0.231. The lowest BCUT2D eigenvalue weighted by Crippen LogP contribution is -2.24. The number of hydrogen-bond donors (Lipinski definition) is 2. The van der Waals surface area contributed by atoms with Crippen LogP contribution in [0.5, 0.6) is 0 Å². The Morgan fingerprint density at radius 1 is 1.55 bits per heavy atom. The number of pyridine rings is 1. The molecule has 0 spiro atoms. The van der Waals surface area contributed by atoms with Crippen molar-refractivity contribution >= 4 is 5.91 Å². The Balaban J connectivity index is 2.09. The van der Waals surface area contributed by atoms with Gasteiger partial charge >= 0.3 is 0 Å². The Labute approximate surface area is 115 Å². The quantitative estimate of drug-likeness (QED) is 0.762. The third-order valence-electron chi connectivity index (χ3n) is 2.36. The van der Waals surface area contributed by atoms with Crippen LogP contribution in [0, 0.1) is 18.8 Å². The molecule has 7 heteroatoms. The van der Waals surface area contributed by atoms with Gasteiger partial charge in [-0.25, -0.2) is 0 Å². The Kier molecular flexibility index (Phi) is 4.42. The number of nitrogens with one attached hydrogen (secondary N) is 1. The zero-order chi connectivity index (χ0) is 14.4. The van der Waals surface area contributed by atoms with Crippen molar-refractivity contribution in [3.8, 4) is 11.8 Å². The largest absolute Gasteiger partial charge is 0.343 e. The maximum absolute atomic E-state index is 12.1. The highest BCUT2D eigenvalue weighted by Crippen LogP contribution is 2.06. The number of rotatable bonds is 3. The summed E-state index contributed by atoms with van der Waals surface area (Å²) in [5, 5.41) is 6.33. The van der Waals surface area contributed by atoms with Gasteiger partial charge in [-0.15, -0.1) is 0 Å². The molecule has 0 aromatic carbocycles. The summed E-state index contributed by atoms with van der Waals surface area (Å²) in [4.78, 5) is 20.0. The second-order valence-corrected chi connectivity index (χ2v) is 3.85. The summed E-state index contributed by atoms with van der Waals surface area (Å²) in [6.45, 7) is 2.08. The van der Waals surface area contributed by atoms with Gasteiger partial charge in [0.1, 0.15) is 0 Å². The van der Waals surface area contributed by atoms with Gasteiger partial charge in [0.15, 0.2) is 5.82 Å². The van der Waals surface area contributed by atoms with Crippen molar-refractivity contribution in [3.05, 3.63) is 41.3 Å². The van der Waals surface area contributed by atoms with Crippen LogP contribution in [-0.2, 0) is 6.54 Å². The van der Waals surface area contributed by atoms with Gasteiger partial charge in [0.2, 0.25) is 5.89 Å². The summed E-state index contributed by atoms with van der Waals surface area (Å²) in [6.07, 6.45) is 3.05. The number of hydrogen-bond acceptors (Lipinski definition) is 6. The highest BCUT2D eigenvalue weighted by molar-refractivity contribution is 5.96. The number of aromatic nitrogens is 3. The first-order valence-corrected chi connectivity index (χ1v) is 5.91. The maximum Gasteiger partial charge on any atom is 0.253 e. The molecule has 7 nitrogen and oxygen atoms in total. The Morgan fingerprint density at radius 2 is 2.40 bits per heavy atom. The highest BCUT2D eigenvalue weighted by Gasteiger charge is 2.11. The van der Waals surface area contributed by atoms with Crippen LogP contribution in [0.3, 0.4) is 0 Å². The molecule has 102 valence electrons. The van der Waals surface area contributed by atoms with E-state index in [1.54, 1.807) is 13.0 Å². The summed E-state index contributed by atoms with van der Waals surface area (Å²) in [5.74, 6) is 6.08. The average molecular weight is 271 g/mol. The van der Waals surface area contributed by atoms with E-state index in [0.717, 1.165) is 0 Å². The molecule has 0 aliphatic carbocycles. The smallest absolute Gasteiger partial charge is 0.253 e. The van der Waals surface area contributed by atoms with Crippen LogP contribution < -0.4 is 11.1 Å². The van der Waals surface area contributed by atoms with Crippen LogP contribution in [0.15, 0.2) is 23.0 Å². The molecular formula is C13H13N5O2. The van der Waals surface area contributed by atoms with E-state index in [4.69, 9.17) is 10.3 Å². The molecular weight excluding hydrogens is 258 g/mol. The second kappa shape index (κ2) is 6.45. The van der Waals surface area contributed by atoms with Crippen LogP contribution in [0.1, 0.15) is 27.6 Å². The van der Waals surface area contributed by atoms with E-state index in [0.29, 0.717) is 22.8 Å². The van der Waals surface area contributed by atoms with Crippen LogP contribution in [0.4, 0.5) is 0 Å². The lowest BCUT2D eigenvalue weighted by Gasteiger charge is -2.04. The van der Waals surface area contributed by atoms with E-state index in [2.05, 4.69) is 32.3 Å². The average Bonchev–Trinajstić information content (AvgIpc) is 2.88. The topological polar surface area (TPSA) is 107 Å². The Hall–Kier alpha value is -2.72. The molecule has 2 heterocycles. The van der Waals surface area contributed by atoms with Crippen molar-refractivity contribution in [2.24, 2.45) is 5.73 Å². The van der Waals surface area contributed by atoms with E-state index < -0.39 is 0 Å². The van der Waals surface area contributed by atoms with Crippen LogP contribution in [-0.4, -0.2) is 27.6 Å². The zero-order valence-electron chi connectivity index (χ0n) is 10.9. The van der Waals surface area contributed by atoms with Gasteiger partial charge in [0.05, 0.1) is 24.2 Å². The minimum absolute atomic E-state index is 0.158. The van der Waals surface area contributed by atoms with Crippen molar-refractivity contribution in [1.29, 1.82) is 0 Å². The fourth-order valence-electron chi connectivity index (χ4n) is 1.50. The Morgan fingerprint density at radius 3 is 3.10 bits per heavy atom.